The molecule has 0 unspecified atom stereocenters. The number of para-hydroxylation sites is 2. The van der Waals surface area contributed by atoms with E-state index in [0.717, 1.165) is 25.7 Å². The molecule has 224 valence electrons. The molecule has 0 radical (unpaired) electrons. The molecule has 0 bridgehead atoms. The predicted octanol–water partition coefficient (Wildman–Crippen LogP) is 12.3. The van der Waals surface area contributed by atoms with Gasteiger partial charge in [-0.05, 0) is 114 Å². The zero-order valence-electron chi connectivity index (χ0n) is 26.0. The van der Waals surface area contributed by atoms with Crippen LogP contribution in [0.5, 0.6) is 0 Å². The molecule has 3 aromatic heterocycles. The number of aryl methyl sites for hydroxylation is 1. The summed E-state index contributed by atoms with van der Waals surface area (Å²) in [5, 5.41) is 3.89. The van der Waals surface area contributed by atoms with Crippen LogP contribution >= 0.6 is 11.3 Å². The van der Waals surface area contributed by atoms with Crippen LogP contribution in [0.4, 0.5) is 0 Å². The summed E-state index contributed by atoms with van der Waals surface area (Å²) < 4.78 is 6.30. The maximum atomic E-state index is 2.49. The standard InChI is InChI=1S/C44H32N2S/c1-3-11-29(12-4-1)30-19-23-34(24-20-30)45-39-17-9-7-15-35(39)37-27-31(21-25-40(37)45)32-22-26-41-38(28-32)44-43(36-16-8-10-18-42(36)47-44)46(41)33-13-5-2-6-14-33/h2-3,5-7,9-15,17-28H,1,4,8,16H2. The molecular formula is C44H32N2S. The summed E-state index contributed by atoms with van der Waals surface area (Å²) >= 11 is 1.95. The van der Waals surface area contributed by atoms with Gasteiger partial charge in [0.05, 0.1) is 26.8 Å². The van der Waals surface area contributed by atoms with Gasteiger partial charge in [0.25, 0.3) is 0 Å². The highest BCUT2D eigenvalue weighted by Gasteiger charge is 2.22. The molecule has 0 aliphatic heterocycles. The van der Waals surface area contributed by atoms with Gasteiger partial charge in [-0.25, -0.2) is 0 Å². The first kappa shape index (κ1) is 26.8. The van der Waals surface area contributed by atoms with Crippen LogP contribution in [0.2, 0.25) is 0 Å². The van der Waals surface area contributed by atoms with Crippen LogP contribution in [0.25, 0.3) is 77.1 Å². The fourth-order valence-corrected chi connectivity index (χ4v) is 9.10. The van der Waals surface area contributed by atoms with E-state index < -0.39 is 0 Å². The Bertz CT molecular complexity index is 2600. The molecule has 0 fully saturated rings. The predicted molar refractivity (Wildman–Crippen MR) is 202 cm³/mol. The van der Waals surface area contributed by atoms with Crippen molar-refractivity contribution in [1.82, 2.24) is 9.13 Å². The maximum absolute atomic E-state index is 2.49. The number of thiophene rings is 1. The molecule has 3 heterocycles. The third-order valence-corrected chi connectivity index (χ3v) is 11.2. The average Bonchev–Trinajstić information content (AvgIpc) is 3.79. The van der Waals surface area contributed by atoms with Crippen LogP contribution < -0.4 is 0 Å². The highest BCUT2D eigenvalue weighted by atomic mass is 32.1. The van der Waals surface area contributed by atoms with Gasteiger partial charge in [-0.15, -0.1) is 11.3 Å². The van der Waals surface area contributed by atoms with Gasteiger partial charge in [0.1, 0.15) is 0 Å². The number of allylic oxidation sites excluding steroid dienone is 5. The molecule has 8 aromatic rings. The van der Waals surface area contributed by atoms with Crippen LogP contribution in [0, 0.1) is 0 Å². The fourth-order valence-electron chi connectivity index (χ4n) is 7.81. The Balaban J connectivity index is 1.14. The Morgan fingerprint density at radius 1 is 0.511 bits per heavy atom. The number of benzene rings is 5. The van der Waals surface area contributed by atoms with Gasteiger partial charge < -0.3 is 9.13 Å². The fraction of sp³-hybridized carbons (Fsp3) is 0.0909. The van der Waals surface area contributed by atoms with E-state index in [-0.39, 0.29) is 0 Å². The van der Waals surface area contributed by atoms with Crippen molar-refractivity contribution in [2.75, 3.05) is 0 Å². The number of hydrogen-bond donors (Lipinski definition) is 0. The Kier molecular flexibility index (Phi) is 6.03. The van der Waals surface area contributed by atoms with Crippen molar-refractivity contribution >= 4 is 65.9 Å². The van der Waals surface area contributed by atoms with Gasteiger partial charge in [0.2, 0.25) is 0 Å². The Labute approximate surface area is 277 Å². The van der Waals surface area contributed by atoms with Crippen molar-refractivity contribution in [3.8, 4) is 22.5 Å². The highest BCUT2D eigenvalue weighted by Crippen LogP contribution is 2.44. The number of aromatic nitrogens is 2. The molecule has 2 aliphatic rings. The molecule has 3 heteroatoms. The SMILES string of the molecule is C1=CC(c2ccc(-n3c4ccccc4c4cc(-c5ccc6c(c5)c5sc7c(c5n6-c5ccccc5)CCC=C7)ccc43)cc2)=CCC1. The molecule has 0 saturated heterocycles. The monoisotopic (exact) mass is 620 g/mol. The van der Waals surface area contributed by atoms with Crippen molar-refractivity contribution < 1.29 is 0 Å². The topological polar surface area (TPSA) is 9.86 Å². The van der Waals surface area contributed by atoms with Crippen LogP contribution in [-0.2, 0) is 6.42 Å². The van der Waals surface area contributed by atoms with Crippen molar-refractivity contribution in [3.05, 3.63) is 156 Å². The van der Waals surface area contributed by atoms with Crippen LogP contribution in [-0.4, -0.2) is 9.13 Å². The van der Waals surface area contributed by atoms with E-state index in [9.17, 15) is 0 Å². The second-order valence-electron chi connectivity index (χ2n) is 12.7. The maximum Gasteiger partial charge on any atom is 0.0687 e. The van der Waals surface area contributed by atoms with E-state index in [2.05, 4.69) is 155 Å². The van der Waals surface area contributed by atoms with Crippen molar-refractivity contribution in [1.29, 1.82) is 0 Å². The van der Waals surface area contributed by atoms with Gasteiger partial charge >= 0.3 is 0 Å². The van der Waals surface area contributed by atoms with Crippen molar-refractivity contribution in [3.63, 3.8) is 0 Å². The molecule has 0 saturated carbocycles. The normalized spacial score (nSPS) is 14.4. The number of nitrogens with zero attached hydrogens (tertiary/aromatic N) is 2. The molecule has 0 atom stereocenters. The number of hydrogen-bond acceptors (Lipinski definition) is 1. The summed E-state index contributed by atoms with van der Waals surface area (Å²) in [4.78, 5) is 1.41. The molecule has 0 spiro atoms. The first-order valence-electron chi connectivity index (χ1n) is 16.6. The van der Waals surface area contributed by atoms with Gasteiger partial charge in [-0.2, -0.15) is 0 Å². The zero-order valence-corrected chi connectivity index (χ0v) is 26.8. The summed E-state index contributed by atoms with van der Waals surface area (Å²) in [7, 11) is 0. The van der Waals surface area contributed by atoms with Crippen LogP contribution in [0.3, 0.4) is 0 Å². The van der Waals surface area contributed by atoms with E-state index in [1.807, 2.05) is 11.3 Å². The van der Waals surface area contributed by atoms with E-state index in [1.165, 1.54) is 87.0 Å². The lowest BCUT2D eigenvalue weighted by Gasteiger charge is -2.12. The van der Waals surface area contributed by atoms with Gasteiger partial charge in [0, 0.05) is 32.4 Å². The smallest absolute Gasteiger partial charge is 0.0687 e. The third kappa shape index (κ3) is 4.16. The van der Waals surface area contributed by atoms with Gasteiger partial charge in [0.15, 0.2) is 0 Å². The van der Waals surface area contributed by atoms with Crippen LogP contribution in [0.15, 0.2) is 140 Å². The molecule has 10 rings (SSSR count). The Morgan fingerprint density at radius 2 is 1.19 bits per heavy atom. The molecule has 0 N–H and O–H groups in total. The van der Waals surface area contributed by atoms with Gasteiger partial charge in [-0.3, -0.25) is 0 Å². The lowest BCUT2D eigenvalue weighted by Crippen LogP contribution is -1.97. The van der Waals surface area contributed by atoms with Crippen molar-refractivity contribution in [2.45, 2.75) is 25.7 Å². The van der Waals surface area contributed by atoms with E-state index in [1.54, 1.807) is 0 Å². The first-order chi connectivity index (χ1) is 23.3. The summed E-state index contributed by atoms with van der Waals surface area (Å²) in [5.74, 6) is 0. The lowest BCUT2D eigenvalue weighted by molar-refractivity contribution is 0.993. The Morgan fingerprint density at radius 3 is 2.00 bits per heavy atom. The summed E-state index contributed by atoms with van der Waals surface area (Å²) in [6.45, 7) is 0. The minimum Gasteiger partial charge on any atom is -0.309 e. The molecule has 5 aromatic carbocycles. The quantitative estimate of drug-likeness (QED) is 0.185. The van der Waals surface area contributed by atoms with Crippen molar-refractivity contribution in [2.24, 2.45) is 0 Å². The molecule has 2 nitrogen and oxygen atoms in total. The largest absolute Gasteiger partial charge is 0.309 e. The molecule has 2 aliphatic carbocycles. The molecule has 47 heavy (non-hydrogen) atoms. The lowest BCUT2D eigenvalue weighted by atomic mass is 9.99. The minimum absolute atomic E-state index is 1.10. The van der Waals surface area contributed by atoms with E-state index >= 15 is 0 Å². The zero-order chi connectivity index (χ0) is 30.9. The van der Waals surface area contributed by atoms with Crippen LogP contribution in [0.1, 0.15) is 35.3 Å². The second kappa shape index (κ2) is 10.6. The summed E-state index contributed by atoms with van der Waals surface area (Å²) in [5.41, 5.74) is 14.1. The number of rotatable bonds is 4. The first-order valence-corrected chi connectivity index (χ1v) is 17.5. The minimum atomic E-state index is 1.10. The average molecular weight is 621 g/mol. The Hall–Kier alpha value is -5.38. The van der Waals surface area contributed by atoms with E-state index in [0.29, 0.717) is 0 Å². The van der Waals surface area contributed by atoms with Gasteiger partial charge in [-0.1, -0.05) is 85.0 Å². The highest BCUT2D eigenvalue weighted by molar-refractivity contribution is 7.21. The summed E-state index contributed by atoms with van der Waals surface area (Å²) in [6, 6.07) is 42.8. The molecular weight excluding hydrogens is 589 g/mol. The van der Waals surface area contributed by atoms with E-state index in [4.69, 9.17) is 0 Å². The third-order valence-electron chi connectivity index (χ3n) is 10.0. The number of fused-ring (bicyclic) bond motifs is 8. The second-order valence-corrected chi connectivity index (χ2v) is 13.8. The molecule has 0 amide bonds. The summed E-state index contributed by atoms with van der Waals surface area (Å²) in [6.07, 6.45) is 16.0.